The van der Waals surface area contributed by atoms with Gasteiger partial charge in [0, 0.05) is 17.1 Å². The van der Waals surface area contributed by atoms with Gasteiger partial charge in [-0.1, -0.05) is 25.4 Å². The molecule has 0 saturated carbocycles. The third kappa shape index (κ3) is 3.77. The van der Waals surface area contributed by atoms with Crippen LogP contribution in [0.25, 0.3) is 17.1 Å². The van der Waals surface area contributed by atoms with Crippen LogP contribution in [0.3, 0.4) is 0 Å². The predicted molar refractivity (Wildman–Crippen MR) is 98.0 cm³/mol. The lowest BCUT2D eigenvalue weighted by molar-refractivity contribution is 0.0922. The number of halogens is 1. The Labute approximate surface area is 151 Å². The number of furan rings is 1. The Morgan fingerprint density at radius 3 is 2.52 bits per heavy atom. The van der Waals surface area contributed by atoms with Crippen molar-refractivity contribution in [3.8, 4) is 17.1 Å². The van der Waals surface area contributed by atoms with Crippen LogP contribution in [0.5, 0.6) is 0 Å². The molecule has 1 N–H and O–H groups in total. The van der Waals surface area contributed by atoms with E-state index in [2.05, 4.69) is 24.3 Å². The largest absolute Gasteiger partial charge is 0.463 e. The van der Waals surface area contributed by atoms with Gasteiger partial charge in [0.2, 0.25) is 0 Å². The average molecular weight is 358 g/mol. The third-order valence-electron chi connectivity index (χ3n) is 4.15. The van der Waals surface area contributed by atoms with Gasteiger partial charge in [0.1, 0.15) is 11.4 Å². The maximum absolute atomic E-state index is 12.8. The highest BCUT2D eigenvalue weighted by atomic mass is 35.5. The number of rotatable bonds is 5. The fraction of sp³-hybridized carbons (Fsp3) is 0.263. The van der Waals surface area contributed by atoms with Crippen LogP contribution in [0.1, 0.15) is 31.3 Å². The van der Waals surface area contributed by atoms with Gasteiger partial charge in [0.05, 0.1) is 12.0 Å². The van der Waals surface area contributed by atoms with Crippen molar-refractivity contribution in [2.24, 2.45) is 5.92 Å². The van der Waals surface area contributed by atoms with Crippen LogP contribution in [-0.2, 0) is 0 Å². The number of carbonyl (C=O) groups is 1. The zero-order valence-electron chi connectivity index (χ0n) is 14.4. The van der Waals surface area contributed by atoms with E-state index in [0.29, 0.717) is 28.1 Å². The molecule has 0 unspecified atom stereocenters. The maximum Gasteiger partial charge on any atom is 0.270 e. The fourth-order valence-corrected chi connectivity index (χ4v) is 2.44. The summed E-state index contributed by atoms with van der Waals surface area (Å²) in [5.41, 5.74) is 1.80. The molecule has 0 radical (unpaired) electrons. The summed E-state index contributed by atoms with van der Waals surface area (Å²) in [6, 6.07) is 12.6. The van der Waals surface area contributed by atoms with Crippen molar-refractivity contribution in [3.63, 3.8) is 0 Å². The number of hydrogen-bond acceptors (Lipinski definition) is 3. The molecule has 6 heteroatoms. The number of nitrogens with one attached hydrogen (secondary N) is 1. The fourth-order valence-electron chi connectivity index (χ4n) is 2.31. The lowest BCUT2D eigenvalue weighted by Gasteiger charge is -2.17. The van der Waals surface area contributed by atoms with Crippen molar-refractivity contribution >= 4 is 17.5 Å². The second kappa shape index (κ2) is 7.15. The van der Waals surface area contributed by atoms with Crippen LogP contribution in [0.15, 0.2) is 53.1 Å². The van der Waals surface area contributed by atoms with Crippen molar-refractivity contribution in [1.29, 1.82) is 0 Å². The number of benzene rings is 1. The maximum atomic E-state index is 12.8. The van der Waals surface area contributed by atoms with E-state index < -0.39 is 0 Å². The van der Waals surface area contributed by atoms with E-state index in [-0.39, 0.29) is 11.9 Å². The molecule has 25 heavy (non-hydrogen) atoms. The molecule has 5 nitrogen and oxygen atoms in total. The minimum absolute atomic E-state index is 0.0492. The Hall–Kier alpha value is -2.53. The Bertz CT molecular complexity index is 851. The lowest BCUT2D eigenvalue weighted by Crippen LogP contribution is -2.37. The molecule has 3 aromatic rings. The van der Waals surface area contributed by atoms with Crippen molar-refractivity contribution in [2.45, 2.75) is 26.8 Å². The van der Waals surface area contributed by atoms with Crippen molar-refractivity contribution in [1.82, 2.24) is 15.1 Å². The molecular formula is C19H20ClN3O2. The number of carbonyl (C=O) groups excluding carboxylic acids is 1. The van der Waals surface area contributed by atoms with Gasteiger partial charge >= 0.3 is 0 Å². The lowest BCUT2D eigenvalue weighted by atomic mass is 10.1. The Kier molecular flexibility index (Phi) is 4.95. The molecule has 1 amide bonds. The molecule has 0 aliphatic heterocycles. The molecule has 0 aliphatic rings. The van der Waals surface area contributed by atoms with E-state index in [4.69, 9.17) is 16.0 Å². The van der Waals surface area contributed by atoms with E-state index in [1.54, 1.807) is 35.2 Å². The van der Waals surface area contributed by atoms with Gasteiger partial charge in [0.15, 0.2) is 5.76 Å². The van der Waals surface area contributed by atoms with Gasteiger partial charge in [0.25, 0.3) is 5.91 Å². The van der Waals surface area contributed by atoms with Crippen LogP contribution >= 0.6 is 11.6 Å². The van der Waals surface area contributed by atoms with Crippen molar-refractivity contribution < 1.29 is 9.21 Å². The highest BCUT2D eigenvalue weighted by Gasteiger charge is 2.20. The molecule has 3 rings (SSSR count). The van der Waals surface area contributed by atoms with Crippen LogP contribution in [0, 0.1) is 5.92 Å². The average Bonchev–Trinajstić information content (AvgIpc) is 3.24. The first-order valence-corrected chi connectivity index (χ1v) is 8.54. The molecule has 1 atom stereocenters. The normalized spacial score (nSPS) is 12.4. The molecule has 0 saturated heterocycles. The van der Waals surface area contributed by atoms with Crippen LogP contribution in [-0.4, -0.2) is 21.7 Å². The molecule has 130 valence electrons. The second-order valence-corrected chi connectivity index (χ2v) is 6.72. The van der Waals surface area contributed by atoms with Crippen molar-refractivity contribution in [2.75, 3.05) is 0 Å². The van der Waals surface area contributed by atoms with Crippen molar-refractivity contribution in [3.05, 3.63) is 59.4 Å². The standard InChI is InChI=1S/C19H20ClN3O2/c1-12(2)13(3)21-19(24)17-11-16(18-5-4-10-25-18)22-23(17)15-8-6-14(20)7-9-15/h4-13H,1-3H3,(H,21,24)/t13-/m1/s1. The summed E-state index contributed by atoms with van der Waals surface area (Å²) in [5.74, 6) is 0.764. The van der Waals surface area contributed by atoms with E-state index in [0.717, 1.165) is 5.69 Å². The number of nitrogens with zero attached hydrogens (tertiary/aromatic N) is 2. The molecule has 2 aromatic heterocycles. The van der Waals surface area contributed by atoms with E-state index in [1.807, 2.05) is 25.1 Å². The van der Waals surface area contributed by atoms with Gasteiger partial charge in [-0.25, -0.2) is 4.68 Å². The van der Waals surface area contributed by atoms with E-state index in [9.17, 15) is 4.79 Å². The summed E-state index contributed by atoms with van der Waals surface area (Å²) < 4.78 is 7.02. The van der Waals surface area contributed by atoms with Gasteiger partial charge < -0.3 is 9.73 Å². The quantitative estimate of drug-likeness (QED) is 0.728. The highest BCUT2D eigenvalue weighted by Crippen LogP contribution is 2.23. The van der Waals surface area contributed by atoms with Gasteiger partial charge in [-0.2, -0.15) is 5.10 Å². The Morgan fingerprint density at radius 2 is 1.92 bits per heavy atom. The Morgan fingerprint density at radius 1 is 1.20 bits per heavy atom. The summed E-state index contributed by atoms with van der Waals surface area (Å²) in [6.07, 6.45) is 1.58. The minimum Gasteiger partial charge on any atom is -0.463 e. The minimum atomic E-state index is -0.179. The molecular weight excluding hydrogens is 338 g/mol. The summed E-state index contributed by atoms with van der Waals surface area (Å²) in [7, 11) is 0. The van der Waals surface area contributed by atoms with Gasteiger partial charge in [-0.3, -0.25) is 4.79 Å². The molecule has 1 aromatic carbocycles. The number of amides is 1. The topological polar surface area (TPSA) is 60.1 Å². The summed E-state index contributed by atoms with van der Waals surface area (Å²) >= 11 is 5.97. The smallest absolute Gasteiger partial charge is 0.270 e. The monoisotopic (exact) mass is 357 g/mol. The predicted octanol–water partition coefficient (Wildman–Crippen LogP) is 4.56. The first kappa shape index (κ1) is 17.3. The first-order chi connectivity index (χ1) is 12.0. The Balaban J connectivity index is 2.02. The molecule has 0 fully saturated rings. The molecule has 0 spiro atoms. The highest BCUT2D eigenvalue weighted by molar-refractivity contribution is 6.30. The van der Waals surface area contributed by atoms with E-state index in [1.165, 1.54) is 0 Å². The molecule has 2 heterocycles. The molecule has 0 aliphatic carbocycles. The third-order valence-corrected chi connectivity index (χ3v) is 4.40. The van der Waals surface area contributed by atoms with Crippen LogP contribution in [0.4, 0.5) is 0 Å². The summed E-state index contributed by atoms with van der Waals surface area (Å²) in [6.45, 7) is 6.12. The second-order valence-electron chi connectivity index (χ2n) is 6.29. The SMILES string of the molecule is CC(C)[C@@H](C)NC(=O)c1cc(-c2ccco2)nn1-c1ccc(Cl)cc1. The first-order valence-electron chi connectivity index (χ1n) is 8.16. The van der Waals surface area contributed by atoms with Gasteiger partial charge in [-0.15, -0.1) is 0 Å². The summed E-state index contributed by atoms with van der Waals surface area (Å²) in [5, 5.41) is 8.19. The number of aromatic nitrogens is 2. The zero-order chi connectivity index (χ0) is 18.0. The van der Waals surface area contributed by atoms with Crippen LogP contribution in [0.2, 0.25) is 5.02 Å². The summed E-state index contributed by atoms with van der Waals surface area (Å²) in [4.78, 5) is 12.8. The van der Waals surface area contributed by atoms with Crippen LogP contribution < -0.4 is 5.32 Å². The number of hydrogen-bond donors (Lipinski definition) is 1. The van der Waals surface area contributed by atoms with Gasteiger partial charge in [-0.05, 0) is 49.2 Å². The molecule has 0 bridgehead atoms. The van der Waals surface area contributed by atoms with E-state index >= 15 is 0 Å². The zero-order valence-corrected chi connectivity index (χ0v) is 15.1.